The third-order valence-electron chi connectivity index (χ3n) is 4.08. The van der Waals surface area contributed by atoms with E-state index in [2.05, 4.69) is 26.7 Å². The summed E-state index contributed by atoms with van der Waals surface area (Å²) < 4.78 is 2.06. The number of nitrogens with zero attached hydrogens (tertiary/aromatic N) is 3. The molecule has 1 saturated carbocycles. The van der Waals surface area contributed by atoms with Crippen molar-refractivity contribution in [3.8, 4) is 0 Å². The number of thioether (sulfide) groups is 1. The Morgan fingerprint density at radius 1 is 1.48 bits per heavy atom. The summed E-state index contributed by atoms with van der Waals surface area (Å²) in [4.78, 5) is 12.3. The molecule has 132 valence electrons. The van der Waals surface area contributed by atoms with Crippen molar-refractivity contribution >= 4 is 29.3 Å². The van der Waals surface area contributed by atoms with Crippen molar-refractivity contribution in [1.82, 2.24) is 20.1 Å². The van der Waals surface area contributed by atoms with Crippen molar-refractivity contribution in [2.24, 2.45) is 0 Å². The van der Waals surface area contributed by atoms with Crippen LogP contribution in [-0.2, 0) is 11.3 Å². The van der Waals surface area contributed by atoms with Gasteiger partial charge in [-0.05, 0) is 31.4 Å². The first-order chi connectivity index (χ1) is 12.1. The summed E-state index contributed by atoms with van der Waals surface area (Å²) in [6, 6.07) is 7.39. The molecule has 5 nitrogen and oxygen atoms in total. The minimum absolute atomic E-state index is 0.0569. The van der Waals surface area contributed by atoms with Gasteiger partial charge in [0.05, 0.1) is 11.8 Å². The number of allylic oxidation sites excluding steroid dienone is 1. The summed E-state index contributed by atoms with van der Waals surface area (Å²) in [6.45, 7) is 6.39. The first-order valence-electron chi connectivity index (χ1n) is 8.30. The van der Waals surface area contributed by atoms with Gasteiger partial charge < -0.3 is 9.88 Å². The molecule has 1 heterocycles. The normalized spacial score (nSPS) is 15.0. The van der Waals surface area contributed by atoms with E-state index in [-0.39, 0.29) is 17.7 Å². The van der Waals surface area contributed by atoms with Crippen LogP contribution in [-0.4, -0.2) is 26.4 Å². The fourth-order valence-electron chi connectivity index (χ4n) is 2.67. The Labute approximate surface area is 156 Å². The quantitative estimate of drug-likeness (QED) is 0.559. The highest BCUT2D eigenvalue weighted by atomic mass is 35.5. The summed E-state index contributed by atoms with van der Waals surface area (Å²) in [7, 11) is 0. The van der Waals surface area contributed by atoms with Gasteiger partial charge in [-0.15, -0.1) is 16.8 Å². The number of amides is 1. The van der Waals surface area contributed by atoms with E-state index in [0.717, 1.165) is 29.4 Å². The van der Waals surface area contributed by atoms with E-state index in [1.54, 1.807) is 0 Å². The Balaban J connectivity index is 1.59. The third kappa shape index (κ3) is 4.44. The monoisotopic (exact) mass is 376 g/mol. The van der Waals surface area contributed by atoms with Crippen molar-refractivity contribution < 1.29 is 4.79 Å². The Morgan fingerprint density at radius 2 is 2.24 bits per heavy atom. The van der Waals surface area contributed by atoms with Crippen LogP contribution in [0.5, 0.6) is 0 Å². The van der Waals surface area contributed by atoms with Gasteiger partial charge in [0.1, 0.15) is 5.82 Å². The minimum atomic E-state index is -0.144. The van der Waals surface area contributed by atoms with Crippen LogP contribution in [0, 0.1) is 0 Å². The van der Waals surface area contributed by atoms with Crippen LogP contribution in [0.15, 0.2) is 42.1 Å². The maximum Gasteiger partial charge on any atom is 0.230 e. The Kier molecular flexibility index (Phi) is 5.81. The molecule has 1 aromatic heterocycles. The maximum absolute atomic E-state index is 12.3. The van der Waals surface area contributed by atoms with Crippen LogP contribution in [0.4, 0.5) is 0 Å². The zero-order valence-electron chi connectivity index (χ0n) is 14.1. The lowest BCUT2D eigenvalue weighted by Gasteiger charge is -2.15. The Hall–Kier alpha value is -1.79. The Bertz CT molecular complexity index is 772. The number of carbonyl (C=O) groups is 1. The van der Waals surface area contributed by atoms with Gasteiger partial charge in [-0.2, -0.15) is 0 Å². The molecule has 0 radical (unpaired) electrons. The first kappa shape index (κ1) is 18.0. The standard InChI is InChI=1S/C18H21ClN4OS/c1-3-10-23-17(13-8-9-13)21-22-18(23)25-11-16(24)20-12(2)14-6-4-5-7-15(14)19/h3-7,12-13H,1,8-11H2,2H3,(H,20,24). The van der Waals surface area contributed by atoms with Gasteiger partial charge >= 0.3 is 0 Å². The van der Waals surface area contributed by atoms with E-state index in [0.29, 0.717) is 17.5 Å². The first-order valence-corrected chi connectivity index (χ1v) is 9.67. The van der Waals surface area contributed by atoms with Crippen molar-refractivity contribution in [3.05, 3.63) is 53.3 Å². The molecular formula is C18H21ClN4OS. The van der Waals surface area contributed by atoms with Gasteiger partial charge in [0.15, 0.2) is 5.16 Å². The van der Waals surface area contributed by atoms with Gasteiger partial charge in [-0.1, -0.05) is 47.6 Å². The van der Waals surface area contributed by atoms with E-state index in [1.165, 1.54) is 11.8 Å². The second kappa shape index (κ2) is 8.06. The van der Waals surface area contributed by atoms with Crippen LogP contribution < -0.4 is 5.32 Å². The molecule has 1 N–H and O–H groups in total. The molecule has 2 aromatic rings. The van der Waals surface area contributed by atoms with Crippen LogP contribution in [0.25, 0.3) is 0 Å². The third-order valence-corrected chi connectivity index (χ3v) is 5.39. The zero-order chi connectivity index (χ0) is 17.8. The largest absolute Gasteiger partial charge is 0.349 e. The average Bonchev–Trinajstić information content (AvgIpc) is 3.36. The highest BCUT2D eigenvalue weighted by molar-refractivity contribution is 7.99. The molecule has 3 rings (SSSR count). The molecule has 1 aromatic carbocycles. The van der Waals surface area contributed by atoms with E-state index >= 15 is 0 Å². The number of rotatable bonds is 8. The lowest BCUT2D eigenvalue weighted by Crippen LogP contribution is -2.28. The molecule has 1 amide bonds. The van der Waals surface area contributed by atoms with E-state index in [9.17, 15) is 4.79 Å². The molecule has 0 spiro atoms. The molecule has 1 unspecified atom stereocenters. The number of hydrogen-bond donors (Lipinski definition) is 1. The van der Waals surface area contributed by atoms with Crippen molar-refractivity contribution in [2.75, 3.05) is 5.75 Å². The zero-order valence-corrected chi connectivity index (χ0v) is 15.7. The molecule has 1 fully saturated rings. The van der Waals surface area contributed by atoms with Crippen LogP contribution in [0.1, 0.15) is 43.1 Å². The van der Waals surface area contributed by atoms with E-state index in [4.69, 9.17) is 11.6 Å². The molecule has 25 heavy (non-hydrogen) atoms. The van der Waals surface area contributed by atoms with E-state index < -0.39 is 0 Å². The average molecular weight is 377 g/mol. The SMILES string of the molecule is C=CCn1c(SCC(=O)NC(C)c2ccccc2Cl)nnc1C1CC1. The number of carbonyl (C=O) groups excluding carboxylic acids is 1. The topological polar surface area (TPSA) is 59.8 Å². The molecular weight excluding hydrogens is 356 g/mol. The molecule has 0 saturated heterocycles. The predicted octanol–water partition coefficient (Wildman–Crippen LogP) is 3.96. The fraction of sp³-hybridized carbons (Fsp3) is 0.389. The maximum atomic E-state index is 12.3. The minimum Gasteiger partial charge on any atom is -0.349 e. The van der Waals surface area contributed by atoms with Gasteiger partial charge in [0.25, 0.3) is 0 Å². The molecule has 1 aliphatic rings. The van der Waals surface area contributed by atoms with Gasteiger partial charge in [0.2, 0.25) is 5.91 Å². The van der Waals surface area contributed by atoms with Crippen molar-refractivity contribution in [1.29, 1.82) is 0 Å². The smallest absolute Gasteiger partial charge is 0.230 e. The number of benzene rings is 1. The fourth-order valence-corrected chi connectivity index (χ4v) is 3.73. The molecule has 1 atom stereocenters. The van der Waals surface area contributed by atoms with Crippen molar-refractivity contribution in [3.63, 3.8) is 0 Å². The predicted molar refractivity (Wildman–Crippen MR) is 101 cm³/mol. The summed E-state index contributed by atoms with van der Waals surface area (Å²) in [6.07, 6.45) is 4.16. The van der Waals surface area contributed by atoms with Crippen LogP contribution in [0.3, 0.4) is 0 Å². The van der Waals surface area contributed by atoms with Crippen molar-refractivity contribution in [2.45, 2.75) is 43.4 Å². The molecule has 0 bridgehead atoms. The van der Waals surface area contributed by atoms with Gasteiger partial charge in [-0.25, -0.2) is 0 Å². The highest BCUT2D eigenvalue weighted by Gasteiger charge is 2.30. The summed E-state index contributed by atoms with van der Waals surface area (Å²) in [5.41, 5.74) is 0.911. The second-order valence-corrected chi connectivity index (χ2v) is 7.46. The highest BCUT2D eigenvalue weighted by Crippen LogP contribution is 2.40. The summed E-state index contributed by atoms with van der Waals surface area (Å²) in [5, 5.41) is 12.9. The summed E-state index contributed by atoms with van der Waals surface area (Å²) in [5.74, 6) is 1.75. The number of aromatic nitrogens is 3. The van der Waals surface area contributed by atoms with Crippen LogP contribution in [0.2, 0.25) is 5.02 Å². The lowest BCUT2D eigenvalue weighted by atomic mass is 10.1. The molecule has 0 aliphatic heterocycles. The van der Waals surface area contributed by atoms with Gasteiger partial charge in [-0.3, -0.25) is 4.79 Å². The van der Waals surface area contributed by atoms with Crippen LogP contribution >= 0.6 is 23.4 Å². The molecule has 1 aliphatic carbocycles. The number of nitrogens with one attached hydrogen (secondary N) is 1. The second-order valence-electron chi connectivity index (χ2n) is 6.11. The van der Waals surface area contributed by atoms with Gasteiger partial charge in [0, 0.05) is 17.5 Å². The number of halogens is 1. The lowest BCUT2D eigenvalue weighted by molar-refractivity contribution is -0.119. The summed E-state index contributed by atoms with van der Waals surface area (Å²) >= 11 is 7.58. The van der Waals surface area contributed by atoms with E-state index in [1.807, 2.05) is 37.3 Å². The number of hydrogen-bond acceptors (Lipinski definition) is 4. The Morgan fingerprint density at radius 3 is 2.92 bits per heavy atom. The molecule has 7 heteroatoms.